The van der Waals surface area contributed by atoms with Gasteiger partial charge in [0, 0.05) is 6.07 Å². The Labute approximate surface area is 185 Å². The van der Waals surface area contributed by atoms with E-state index in [1.54, 1.807) is 0 Å². The third-order valence-corrected chi connectivity index (χ3v) is 5.24. The number of carbonyl (C=O) groups is 2. The summed E-state index contributed by atoms with van der Waals surface area (Å²) in [7, 11) is 1.27. The summed E-state index contributed by atoms with van der Waals surface area (Å²) >= 11 is 0. The molecule has 1 saturated heterocycles. The summed E-state index contributed by atoms with van der Waals surface area (Å²) in [5.41, 5.74) is -1.02. The fraction of sp³-hybridized carbons (Fsp3) is 0.0833. The highest BCUT2D eigenvalue weighted by molar-refractivity contribution is 6.51. The van der Waals surface area contributed by atoms with Gasteiger partial charge in [0.25, 0.3) is 11.7 Å². The van der Waals surface area contributed by atoms with Gasteiger partial charge in [-0.2, -0.15) is 0 Å². The van der Waals surface area contributed by atoms with Crippen molar-refractivity contribution in [3.8, 4) is 11.5 Å². The molecule has 1 amide bonds. The van der Waals surface area contributed by atoms with Gasteiger partial charge in [-0.3, -0.25) is 14.5 Å². The highest BCUT2D eigenvalue weighted by atomic mass is 19.1. The highest BCUT2D eigenvalue weighted by Gasteiger charge is 2.48. The first-order chi connectivity index (χ1) is 15.7. The summed E-state index contributed by atoms with van der Waals surface area (Å²) < 4.78 is 47.6. The van der Waals surface area contributed by atoms with Crippen molar-refractivity contribution in [3.63, 3.8) is 0 Å². The number of hydrogen-bond acceptors (Lipinski definition) is 5. The molecule has 0 bridgehead atoms. The molecular weight excluding hydrogens is 439 g/mol. The molecule has 1 heterocycles. The van der Waals surface area contributed by atoms with E-state index in [4.69, 9.17) is 4.74 Å². The minimum atomic E-state index is -1.41. The Balaban J connectivity index is 2.02. The van der Waals surface area contributed by atoms with Crippen LogP contribution < -0.4 is 9.64 Å². The van der Waals surface area contributed by atoms with Crippen LogP contribution in [0.5, 0.6) is 11.5 Å². The van der Waals surface area contributed by atoms with Crippen LogP contribution in [0.2, 0.25) is 0 Å². The van der Waals surface area contributed by atoms with Crippen LogP contribution in [0.3, 0.4) is 0 Å². The quantitative estimate of drug-likeness (QED) is 0.345. The molecule has 2 N–H and O–H groups in total. The fourth-order valence-electron chi connectivity index (χ4n) is 3.73. The molecule has 1 atom stereocenters. The van der Waals surface area contributed by atoms with Gasteiger partial charge in [-0.05, 0) is 48.0 Å². The Bertz CT molecular complexity index is 1300. The van der Waals surface area contributed by atoms with E-state index in [1.807, 2.05) is 0 Å². The van der Waals surface area contributed by atoms with E-state index in [2.05, 4.69) is 0 Å². The summed E-state index contributed by atoms with van der Waals surface area (Å²) in [6, 6.07) is 9.44. The maximum absolute atomic E-state index is 14.6. The molecule has 0 saturated carbocycles. The van der Waals surface area contributed by atoms with Gasteiger partial charge >= 0.3 is 0 Å². The van der Waals surface area contributed by atoms with Crippen molar-refractivity contribution in [1.82, 2.24) is 0 Å². The third kappa shape index (κ3) is 3.78. The van der Waals surface area contributed by atoms with Crippen LogP contribution in [0.25, 0.3) is 5.76 Å². The van der Waals surface area contributed by atoms with Gasteiger partial charge in [-0.25, -0.2) is 13.2 Å². The number of methoxy groups -OCH3 is 1. The molecule has 33 heavy (non-hydrogen) atoms. The van der Waals surface area contributed by atoms with Gasteiger partial charge in [0.15, 0.2) is 0 Å². The first kappa shape index (κ1) is 21.9. The lowest BCUT2D eigenvalue weighted by Gasteiger charge is -2.26. The predicted octanol–water partition coefficient (Wildman–Crippen LogP) is 4.44. The topological polar surface area (TPSA) is 87.1 Å². The second kappa shape index (κ2) is 8.34. The third-order valence-electron chi connectivity index (χ3n) is 5.24. The van der Waals surface area contributed by atoms with Crippen molar-refractivity contribution >= 4 is 23.1 Å². The van der Waals surface area contributed by atoms with Crippen molar-refractivity contribution in [2.24, 2.45) is 0 Å². The molecule has 0 radical (unpaired) electrons. The lowest BCUT2D eigenvalue weighted by molar-refractivity contribution is -0.132. The first-order valence-electron chi connectivity index (χ1n) is 9.61. The number of amides is 1. The molecule has 3 aromatic rings. The number of rotatable bonds is 4. The number of ketones is 1. The van der Waals surface area contributed by atoms with Crippen LogP contribution in [0.15, 0.2) is 66.2 Å². The van der Waals surface area contributed by atoms with Gasteiger partial charge in [0.1, 0.15) is 34.7 Å². The maximum atomic E-state index is 14.6. The number of phenolic OH excluding ortho intramolecular Hbond substituents is 1. The number of anilines is 1. The van der Waals surface area contributed by atoms with Crippen molar-refractivity contribution in [1.29, 1.82) is 0 Å². The normalized spacial score (nSPS) is 17.5. The monoisotopic (exact) mass is 455 g/mol. The minimum Gasteiger partial charge on any atom is -0.508 e. The zero-order chi connectivity index (χ0) is 23.9. The summed E-state index contributed by atoms with van der Waals surface area (Å²) in [4.78, 5) is 26.7. The second-order valence-electron chi connectivity index (χ2n) is 7.20. The Morgan fingerprint density at radius 1 is 0.939 bits per heavy atom. The Morgan fingerprint density at radius 3 is 2.24 bits per heavy atom. The Morgan fingerprint density at radius 2 is 1.58 bits per heavy atom. The smallest absolute Gasteiger partial charge is 0.300 e. The van der Waals surface area contributed by atoms with E-state index in [0.29, 0.717) is 4.90 Å². The molecule has 0 aromatic heterocycles. The van der Waals surface area contributed by atoms with Crippen molar-refractivity contribution in [2.75, 3.05) is 12.0 Å². The second-order valence-corrected chi connectivity index (χ2v) is 7.20. The van der Waals surface area contributed by atoms with E-state index >= 15 is 0 Å². The zero-order valence-corrected chi connectivity index (χ0v) is 17.1. The van der Waals surface area contributed by atoms with Crippen LogP contribution in [0.1, 0.15) is 17.2 Å². The standard InChI is InChI=1S/C24H16F3NO5/c1-33-19-9-5-13(25)10-16(19)22(30)20-21(12-2-6-15(29)7-3-12)28(24(32)23(20)31)18-11-14(26)4-8-17(18)27/h2-11,21,29-30H,1H3/b22-20+. The lowest BCUT2D eigenvalue weighted by Crippen LogP contribution is -2.30. The van der Waals surface area contributed by atoms with E-state index in [9.17, 15) is 33.0 Å². The van der Waals surface area contributed by atoms with Crippen molar-refractivity contribution in [3.05, 3.63) is 94.8 Å². The first-order valence-corrected chi connectivity index (χ1v) is 9.61. The van der Waals surface area contributed by atoms with E-state index in [0.717, 1.165) is 30.3 Å². The molecule has 0 aliphatic carbocycles. The highest BCUT2D eigenvalue weighted by Crippen LogP contribution is 2.44. The van der Waals surface area contributed by atoms with E-state index in [-0.39, 0.29) is 22.6 Å². The number of aliphatic hydroxyl groups is 1. The Kier molecular flexibility index (Phi) is 5.55. The zero-order valence-electron chi connectivity index (χ0n) is 17.1. The van der Waals surface area contributed by atoms with Gasteiger partial charge in [0.05, 0.1) is 30.0 Å². The molecule has 1 aliphatic heterocycles. The van der Waals surface area contributed by atoms with Crippen LogP contribution in [-0.2, 0) is 9.59 Å². The number of ether oxygens (including phenoxy) is 1. The minimum absolute atomic E-state index is 0.0153. The number of aromatic hydroxyl groups is 1. The average molecular weight is 455 g/mol. The van der Waals surface area contributed by atoms with Gasteiger partial charge < -0.3 is 14.9 Å². The molecule has 168 valence electrons. The molecule has 4 rings (SSSR count). The summed E-state index contributed by atoms with van der Waals surface area (Å²) in [6.45, 7) is 0. The van der Waals surface area contributed by atoms with Crippen molar-refractivity contribution < 1.29 is 37.7 Å². The molecule has 1 aliphatic rings. The average Bonchev–Trinajstić information content (AvgIpc) is 3.06. The number of carbonyl (C=O) groups excluding carboxylic acids is 2. The number of Topliss-reactive ketones (excluding diaryl/α,β-unsaturated/α-hetero) is 1. The largest absolute Gasteiger partial charge is 0.508 e. The molecule has 1 unspecified atom stereocenters. The number of halogens is 3. The summed E-state index contributed by atoms with van der Waals surface area (Å²) in [5.74, 6) is -5.88. The van der Waals surface area contributed by atoms with Crippen LogP contribution >= 0.6 is 0 Å². The summed E-state index contributed by atoms with van der Waals surface area (Å²) in [5, 5.41) is 20.7. The van der Waals surface area contributed by atoms with Gasteiger partial charge in [0.2, 0.25) is 0 Å². The molecular formula is C24H16F3NO5. The number of phenols is 1. The lowest BCUT2D eigenvalue weighted by atomic mass is 9.94. The molecule has 1 fully saturated rings. The fourth-order valence-corrected chi connectivity index (χ4v) is 3.73. The number of benzene rings is 3. The molecule has 6 nitrogen and oxygen atoms in total. The van der Waals surface area contributed by atoms with E-state index in [1.165, 1.54) is 37.4 Å². The SMILES string of the molecule is COc1ccc(F)cc1/C(O)=C1\C(=O)C(=O)N(c2cc(F)ccc2F)C1c1ccc(O)cc1. The van der Waals surface area contributed by atoms with Crippen LogP contribution in [0.4, 0.5) is 18.9 Å². The number of nitrogens with zero attached hydrogens (tertiary/aromatic N) is 1. The number of aliphatic hydroxyl groups excluding tert-OH is 1. The molecule has 9 heteroatoms. The number of hydrogen-bond donors (Lipinski definition) is 2. The molecule has 3 aromatic carbocycles. The predicted molar refractivity (Wildman–Crippen MR) is 112 cm³/mol. The van der Waals surface area contributed by atoms with Crippen LogP contribution in [-0.4, -0.2) is 29.0 Å². The Hall–Kier alpha value is -4.27. The molecule has 0 spiro atoms. The van der Waals surface area contributed by atoms with Crippen LogP contribution in [0, 0.1) is 17.5 Å². The summed E-state index contributed by atoms with van der Waals surface area (Å²) in [6.07, 6.45) is 0. The van der Waals surface area contributed by atoms with Gasteiger partial charge in [-0.1, -0.05) is 12.1 Å². The van der Waals surface area contributed by atoms with Crippen molar-refractivity contribution in [2.45, 2.75) is 6.04 Å². The van der Waals surface area contributed by atoms with E-state index < -0.39 is 52.2 Å². The van der Waals surface area contributed by atoms with Gasteiger partial charge in [-0.15, -0.1) is 0 Å². The maximum Gasteiger partial charge on any atom is 0.300 e.